The summed E-state index contributed by atoms with van der Waals surface area (Å²) in [7, 11) is 0. The normalized spacial score (nSPS) is 16.6. The van der Waals surface area contributed by atoms with Crippen molar-refractivity contribution in [3.8, 4) is 5.75 Å². The van der Waals surface area contributed by atoms with Gasteiger partial charge in [-0.15, -0.1) is 0 Å². The van der Waals surface area contributed by atoms with E-state index in [2.05, 4.69) is 10.3 Å². The van der Waals surface area contributed by atoms with Gasteiger partial charge in [-0.3, -0.25) is 4.79 Å². The van der Waals surface area contributed by atoms with Crippen molar-refractivity contribution in [3.05, 3.63) is 51.7 Å². The molecule has 0 bridgehead atoms. The van der Waals surface area contributed by atoms with E-state index in [1.54, 1.807) is 25.1 Å². The van der Waals surface area contributed by atoms with Crippen molar-refractivity contribution < 1.29 is 18.7 Å². The second-order valence-corrected chi connectivity index (χ2v) is 5.79. The van der Waals surface area contributed by atoms with E-state index in [0.717, 1.165) is 6.42 Å². The van der Waals surface area contributed by atoms with Gasteiger partial charge >= 0.3 is 5.63 Å². The third-order valence-corrected chi connectivity index (χ3v) is 4.03. The first-order valence-electron chi connectivity index (χ1n) is 8.21. The Morgan fingerprint density at radius 3 is 3.00 bits per heavy atom. The predicted molar refractivity (Wildman–Crippen MR) is 91.3 cm³/mol. The Labute approximate surface area is 145 Å². The standard InChI is InChI=1S/C18H20N2O5/c1-3-24-13-5-4-7-19-16(13)20-17(21)15-11(2)9-14(25-18(15)22)12-6-8-23-10-12/h4-5,7,9,12H,3,6,8,10H2,1-2H3,(H,19,20,21). The third-order valence-electron chi connectivity index (χ3n) is 4.03. The van der Waals surface area contributed by atoms with E-state index in [1.165, 1.54) is 6.20 Å². The number of hydrogen-bond acceptors (Lipinski definition) is 6. The van der Waals surface area contributed by atoms with Gasteiger partial charge in [0.25, 0.3) is 5.91 Å². The molecule has 0 aliphatic carbocycles. The minimum absolute atomic E-state index is 0.0317. The van der Waals surface area contributed by atoms with Gasteiger partial charge in [0.2, 0.25) is 0 Å². The smallest absolute Gasteiger partial charge is 0.349 e. The van der Waals surface area contributed by atoms with Crippen molar-refractivity contribution in [3.63, 3.8) is 0 Å². The molecule has 2 aromatic rings. The number of nitrogens with zero attached hydrogens (tertiary/aromatic N) is 1. The lowest BCUT2D eigenvalue weighted by Gasteiger charge is -2.12. The van der Waals surface area contributed by atoms with Gasteiger partial charge in [0, 0.05) is 18.7 Å². The Balaban J connectivity index is 1.86. The van der Waals surface area contributed by atoms with Crippen molar-refractivity contribution >= 4 is 11.7 Å². The van der Waals surface area contributed by atoms with Gasteiger partial charge in [-0.05, 0) is 44.0 Å². The Morgan fingerprint density at radius 1 is 1.48 bits per heavy atom. The van der Waals surface area contributed by atoms with Gasteiger partial charge < -0.3 is 19.2 Å². The molecule has 1 amide bonds. The number of hydrogen-bond donors (Lipinski definition) is 1. The SMILES string of the molecule is CCOc1cccnc1NC(=O)c1c(C)cc(C2CCOC2)oc1=O. The lowest BCUT2D eigenvalue weighted by Crippen LogP contribution is -2.24. The lowest BCUT2D eigenvalue weighted by molar-refractivity contribution is 0.102. The molecule has 1 fully saturated rings. The molecule has 3 heterocycles. The van der Waals surface area contributed by atoms with Crippen molar-refractivity contribution in [1.29, 1.82) is 0 Å². The third kappa shape index (κ3) is 3.71. The van der Waals surface area contributed by atoms with Crippen LogP contribution < -0.4 is 15.7 Å². The Hall–Kier alpha value is -2.67. The zero-order chi connectivity index (χ0) is 17.8. The number of aryl methyl sites for hydroxylation is 1. The summed E-state index contributed by atoms with van der Waals surface area (Å²) in [6.07, 6.45) is 2.34. The van der Waals surface area contributed by atoms with Gasteiger partial charge in [0.1, 0.15) is 11.3 Å². The number of anilines is 1. The molecule has 1 atom stereocenters. The van der Waals surface area contributed by atoms with Crippen LogP contribution in [0.25, 0.3) is 0 Å². The van der Waals surface area contributed by atoms with Crippen molar-refractivity contribution in [2.75, 3.05) is 25.1 Å². The first-order valence-corrected chi connectivity index (χ1v) is 8.21. The molecule has 1 saturated heterocycles. The second-order valence-electron chi connectivity index (χ2n) is 5.79. The summed E-state index contributed by atoms with van der Waals surface area (Å²) < 4.78 is 16.1. The number of carbonyl (C=O) groups excluding carboxylic acids is 1. The summed E-state index contributed by atoms with van der Waals surface area (Å²) in [6, 6.07) is 5.14. The summed E-state index contributed by atoms with van der Waals surface area (Å²) in [5, 5.41) is 2.62. The maximum absolute atomic E-state index is 12.6. The highest BCUT2D eigenvalue weighted by molar-refractivity contribution is 6.05. The molecule has 0 radical (unpaired) electrons. The van der Waals surface area contributed by atoms with Crippen LogP contribution >= 0.6 is 0 Å². The van der Waals surface area contributed by atoms with Gasteiger partial charge in [-0.2, -0.15) is 0 Å². The largest absolute Gasteiger partial charge is 0.490 e. The highest BCUT2D eigenvalue weighted by atomic mass is 16.5. The Bertz CT molecular complexity index is 824. The van der Waals surface area contributed by atoms with Crippen LogP contribution in [0.5, 0.6) is 5.75 Å². The molecule has 0 saturated carbocycles. The summed E-state index contributed by atoms with van der Waals surface area (Å²) >= 11 is 0. The number of aromatic nitrogens is 1. The topological polar surface area (TPSA) is 90.7 Å². The first kappa shape index (κ1) is 17.2. The molecule has 1 aliphatic rings. The fraction of sp³-hybridized carbons (Fsp3) is 0.389. The number of rotatable bonds is 5. The van der Waals surface area contributed by atoms with Crippen LogP contribution in [0.1, 0.15) is 40.9 Å². The van der Waals surface area contributed by atoms with E-state index in [4.69, 9.17) is 13.9 Å². The van der Waals surface area contributed by atoms with Gasteiger partial charge in [0.05, 0.1) is 13.2 Å². The molecule has 1 aliphatic heterocycles. The minimum Gasteiger partial charge on any atom is -0.490 e. The summed E-state index contributed by atoms with van der Waals surface area (Å²) in [5.41, 5.74) is -0.131. The highest BCUT2D eigenvalue weighted by Crippen LogP contribution is 2.26. The highest BCUT2D eigenvalue weighted by Gasteiger charge is 2.24. The molecule has 0 aromatic carbocycles. The van der Waals surface area contributed by atoms with Gasteiger partial charge in [0.15, 0.2) is 11.6 Å². The predicted octanol–water partition coefficient (Wildman–Crippen LogP) is 2.50. The maximum Gasteiger partial charge on any atom is 0.349 e. The van der Waals surface area contributed by atoms with Crippen LogP contribution in [0, 0.1) is 6.92 Å². The molecule has 7 nitrogen and oxygen atoms in total. The van der Waals surface area contributed by atoms with Crippen LogP contribution in [0.4, 0.5) is 5.82 Å². The van der Waals surface area contributed by atoms with E-state index >= 15 is 0 Å². The number of nitrogens with one attached hydrogen (secondary N) is 1. The van der Waals surface area contributed by atoms with Crippen LogP contribution in [-0.2, 0) is 4.74 Å². The van der Waals surface area contributed by atoms with Crippen molar-refractivity contribution in [1.82, 2.24) is 4.98 Å². The monoisotopic (exact) mass is 344 g/mol. The number of amides is 1. The average Bonchev–Trinajstić information content (AvgIpc) is 3.11. The molecule has 25 heavy (non-hydrogen) atoms. The minimum atomic E-state index is -0.659. The average molecular weight is 344 g/mol. The lowest BCUT2D eigenvalue weighted by atomic mass is 10.0. The molecule has 0 spiro atoms. The molecule has 2 aromatic heterocycles. The van der Waals surface area contributed by atoms with E-state index in [-0.39, 0.29) is 17.3 Å². The molecule has 3 rings (SSSR count). The number of carbonyl (C=O) groups is 1. The summed E-state index contributed by atoms with van der Waals surface area (Å²) in [4.78, 5) is 29.0. The second kappa shape index (κ2) is 7.48. The maximum atomic E-state index is 12.6. The molecule has 7 heteroatoms. The van der Waals surface area contributed by atoms with Crippen molar-refractivity contribution in [2.45, 2.75) is 26.2 Å². The van der Waals surface area contributed by atoms with Crippen molar-refractivity contribution in [2.24, 2.45) is 0 Å². The summed E-state index contributed by atoms with van der Waals surface area (Å²) in [6.45, 7) is 5.17. The number of pyridine rings is 1. The molecular weight excluding hydrogens is 324 g/mol. The summed E-state index contributed by atoms with van der Waals surface area (Å²) in [5.74, 6) is 0.759. The quantitative estimate of drug-likeness (QED) is 0.896. The first-order chi connectivity index (χ1) is 12.1. The van der Waals surface area contributed by atoms with Crippen LogP contribution in [0.2, 0.25) is 0 Å². The molecular formula is C18H20N2O5. The van der Waals surface area contributed by atoms with Crippen LogP contribution in [0.3, 0.4) is 0 Å². The molecule has 1 unspecified atom stereocenters. The van der Waals surface area contributed by atoms with E-state index in [1.807, 2.05) is 6.92 Å². The van der Waals surface area contributed by atoms with E-state index < -0.39 is 11.5 Å². The molecule has 1 N–H and O–H groups in total. The Kier molecular flexibility index (Phi) is 5.14. The van der Waals surface area contributed by atoms with Gasteiger partial charge in [-0.1, -0.05) is 0 Å². The van der Waals surface area contributed by atoms with Gasteiger partial charge in [-0.25, -0.2) is 9.78 Å². The van der Waals surface area contributed by atoms with E-state index in [0.29, 0.717) is 36.9 Å². The molecule has 132 valence electrons. The fourth-order valence-electron chi connectivity index (χ4n) is 2.79. The van der Waals surface area contributed by atoms with E-state index in [9.17, 15) is 9.59 Å². The van der Waals surface area contributed by atoms with Crippen LogP contribution in [-0.4, -0.2) is 30.7 Å². The Morgan fingerprint density at radius 2 is 2.32 bits per heavy atom. The fourth-order valence-corrected chi connectivity index (χ4v) is 2.79. The zero-order valence-electron chi connectivity index (χ0n) is 14.2. The zero-order valence-corrected chi connectivity index (χ0v) is 14.2. The number of ether oxygens (including phenoxy) is 2. The van der Waals surface area contributed by atoms with Crippen LogP contribution in [0.15, 0.2) is 33.6 Å².